The van der Waals surface area contributed by atoms with Gasteiger partial charge < -0.3 is 5.32 Å². The van der Waals surface area contributed by atoms with Gasteiger partial charge in [-0.15, -0.1) is 5.10 Å². The Hall–Kier alpha value is -0.490. The Morgan fingerprint density at radius 2 is 2.50 bits per heavy atom. The molecule has 0 saturated carbocycles. The highest BCUT2D eigenvalue weighted by molar-refractivity contribution is 9.09. The van der Waals surface area contributed by atoms with E-state index in [0.717, 1.165) is 11.8 Å². The number of halogens is 1. The van der Waals surface area contributed by atoms with Gasteiger partial charge in [-0.25, -0.2) is 0 Å². The first-order valence-corrected chi connectivity index (χ1v) is 6.22. The maximum Gasteiger partial charge on any atom is 0.273 e. The quantitative estimate of drug-likeness (QED) is 0.855. The van der Waals surface area contributed by atoms with Gasteiger partial charge in [0.05, 0.1) is 0 Å². The highest BCUT2D eigenvalue weighted by Gasteiger charge is 2.24. The summed E-state index contributed by atoms with van der Waals surface area (Å²) in [4.78, 5) is 11.6. The van der Waals surface area contributed by atoms with Gasteiger partial charge >= 0.3 is 0 Å². The van der Waals surface area contributed by atoms with Crippen molar-refractivity contribution in [1.29, 1.82) is 0 Å². The van der Waals surface area contributed by atoms with E-state index in [2.05, 4.69) is 30.8 Å². The van der Waals surface area contributed by atoms with Crippen LogP contribution in [0.3, 0.4) is 0 Å². The molecule has 0 saturated heterocycles. The molecule has 1 atom stereocenters. The molecule has 4 nitrogen and oxygen atoms in total. The number of alkyl halides is 1. The molecule has 0 fully saturated rings. The van der Waals surface area contributed by atoms with Crippen molar-refractivity contribution < 1.29 is 4.79 Å². The third-order valence-electron chi connectivity index (χ3n) is 2.08. The SMILES string of the molecule is CCC(C)(CBr)NC(=O)c1csnn1. The summed E-state index contributed by atoms with van der Waals surface area (Å²) in [5, 5.41) is 8.98. The second kappa shape index (κ2) is 4.84. The average molecular weight is 278 g/mol. The Bertz CT molecular complexity index is 298. The fourth-order valence-electron chi connectivity index (χ4n) is 0.818. The van der Waals surface area contributed by atoms with Gasteiger partial charge in [0.1, 0.15) is 0 Å². The zero-order valence-electron chi connectivity index (χ0n) is 8.08. The molecule has 0 aliphatic rings. The summed E-state index contributed by atoms with van der Waals surface area (Å²) >= 11 is 4.55. The third-order valence-corrected chi connectivity index (χ3v) is 3.83. The summed E-state index contributed by atoms with van der Waals surface area (Å²) in [7, 11) is 0. The molecule has 1 heterocycles. The Kier molecular flexibility index (Phi) is 4.00. The average Bonchev–Trinajstić information content (AvgIpc) is 2.70. The van der Waals surface area contributed by atoms with Crippen LogP contribution in [0.15, 0.2) is 5.38 Å². The minimum atomic E-state index is -0.222. The maximum atomic E-state index is 11.6. The predicted molar refractivity (Wildman–Crippen MR) is 59.9 cm³/mol. The molecule has 78 valence electrons. The van der Waals surface area contributed by atoms with E-state index < -0.39 is 0 Å². The number of aromatic nitrogens is 2. The smallest absolute Gasteiger partial charge is 0.273 e. The molecular formula is C8H12BrN3OS. The first kappa shape index (κ1) is 11.6. The van der Waals surface area contributed by atoms with Crippen LogP contribution in [0.4, 0.5) is 0 Å². The lowest BCUT2D eigenvalue weighted by Crippen LogP contribution is -2.47. The summed E-state index contributed by atoms with van der Waals surface area (Å²) in [5.41, 5.74) is 0.163. The number of carbonyl (C=O) groups is 1. The van der Waals surface area contributed by atoms with E-state index in [1.54, 1.807) is 5.38 Å². The zero-order chi connectivity index (χ0) is 10.6. The highest BCUT2D eigenvalue weighted by atomic mass is 79.9. The van der Waals surface area contributed by atoms with Gasteiger partial charge in [0.15, 0.2) is 5.69 Å². The second-order valence-corrected chi connectivity index (χ2v) is 4.46. The molecule has 0 radical (unpaired) electrons. The molecule has 6 heteroatoms. The van der Waals surface area contributed by atoms with Crippen LogP contribution in [0.25, 0.3) is 0 Å². The minimum absolute atomic E-state index is 0.164. The predicted octanol–water partition coefficient (Wildman–Crippen LogP) is 1.83. The lowest BCUT2D eigenvalue weighted by atomic mass is 10.0. The number of hydrogen-bond donors (Lipinski definition) is 1. The van der Waals surface area contributed by atoms with Crippen molar-refractivity contribution in [3.63, 3.8) is 0 Å². The van der Waals surface area contributed by atoms with Crippen molar-refractivity contribution in [3.8, 4) is 0 Å². The Labute approximate surface area is 95.4 Å². The lowest BCUT2D eigenvalue weighted by molar-refractivity contribution is 0.0908. The summed E-state index contributed by atoms with van der Waals surface area (Å²) in [5.74, 6) is -0.164. The van der Waals surface area contributed by atoms with Gasteiger partial charge in [-0.05, 0) is 24.9 Å². The second-order valence-electron chi connectivity index (χ2n) is 3.29. The number of nitrogens with one attached hydrogen (secondary N) is 1. The van der Waals surface area contributed by atoms with E-state index in [4.69, 9.17) is 0 Å². The molecule has 1 unspecified atom stereocenters. The lowest BCUT2D eigenvalue weighted by Gasteiger charge is -2.26. The van der Waals surface area contributed by atoms with Crippen LogP contribution in [-0.4, -0.2) is 26.4 Å². The van der Waals surface area contributed by atoms with E-state index in [0.29, 0.717) is 5.69 Å². The largest absolute Gasteiger partial charge is 0.345 e. The highest BCUT2D eigenvalue weighted by Crippen LogP contribution is 2.13. The minimum Gasteiger partial charge on any atom is -0.345 e. The third kappa shape index (κ3) is 2.75. The van der Waals surface area contributed by atoms with E-state index in [9.17, 15) is 4.79 Å². The fraction of sp³-hybridized carbons (Fsp3) is 0.625. The van der Waals surface area contributed by atoms with Crippen molar-refractivity contribution >= 4 is 33.4 Å². The molecule has 0 bridgehead atoms. The van der Waals surface area contributed by atoms with E-state index in [1.165, 1.54) is 11.5 Å². The van der Waals surface area contributed by atoms with Gasteiger partial charge in [0, 0.05) is 16.2 Å². The van der Waals surface area contributed by atoms with Crippen LogP contribution in [0.5, 0.6) is 0 Å². The Morgan fingerprint density at radius 1 is 1.79 bits per heavy atom. The van der Waals surface area contributed by atoms with Gasteiger partial charge in [-0.2, -0.15) is 0 Å². The van der Waals surface area contributed by atoms with Crippen LogP contribution in [0.2, 0.25) is 0 Å². The molecule has 1 N–H and O–H groups in total. The van der Waals surface area contributed by atoms with Crippen LogP contribution < -0.4 is 5.32 Å². The molecule has 0 aliphatic heterocycles. The van der Waals surface area contributed by atoms with Crippen molar-refractivity contribution in [1.82, 2.24) is 14.9 Å². The molecule has 1 aromatic heterocycles. The van der Waals surface area contributed by atoms with Crippen LogP contribution in [0.1, 0.15) is 30.8 Å². The van der Waals surface area contributed by atoms with Crippen LogP contribution in [0, 0.1) is 0 Å². The molecule has 0 aromatic carbocycles. The number of hydrogen-bond acceptors (Lipinski definition) is 4. The standard InChI is InChI=1S/C8H12BrN3OS/c1-3-8(2,5-9)10-7(13)6-4-14-12-11-6/h4H,3,5H2,1-2H3,(H,10,13). The molecule has 1 rings (SSSR count). The number of rotatable bonds is 4. The first-order valence-electron chi connectivity index (χ1n) is 4.27. The van der Waals surface area contributed by atoms with Gasteiger partial charge in [-0.3, -0.25) is 4.79 Å². The molecular weight excluding hydrogens is 266 g/mol. The summed E-state index contributed by atoms with van der Waals surface area (Å²) in [6.45, 7) is 4.01. The number of carbonyl (C=O) groups excluding carboxylic acids is 1. The van der Waals surface area contributed by atoms with Gasteiger partial charge in [0.2, 0.25) is 0 Å². The summed E-state index contributed by atoms with van der Waals surface area (Å²) in [6, 6.07) is 0. The first-order chi connectivity index (χ1) is 6.61. The van der Waals surface area contributed by atoms with Crippen LogP contribution in [-0.2, 0) is 0 Å². The molecule has 1 aromatic rings. The Balaban J connectivity index is 2.65. The topological polar surface area (TPSA) is 54.9 Å². The van der Waals surface area contributed by atoms with E-state index in [-0.39, 0.29) is 11.4 Å². The van der Waals surface area contributed by atoms with Crippen molar-refractivity contribution in [3.05, 3.63) is 11.1 Å². The van der Waals surface area contributed by atoms with Crippen LogP contribution >= 0.6 is 27.5 Å². The monoisotopic (exact) mass is 277 g/mol. The molecule has 14 heavy (non-hydrogen) atoms. The summed E-state index contributed by atoms with van der Waals surface area (Å²) < 4.78 is 3.64. The van der Waals surface area contributed by atoms with Gasteiger partial charge in [-0.1, -0.05) is 27.3 Å². The number of amides is 1. The van der Waals surface area contributed by atoms with Crippen molar-refractivity contribution in [2.24, 2.45) is 0 Å². The van der Waals surface area contributed by atoms with Gasteiger partial charge in [0.25, 0.3) is 5.91 Å². The van der Waals surface area contributed by atoms with Crippen molar-refractivity contribution in [2.45, 2.75) is 25.8 Å². The molecule has 1 amide bonds. The van der Waals surface area contributed by atoms with E-state index in [1.807, 2.05) is 13.8 Å². The summed E-state index contributed by atoms with van der Waals surface area (Å²) in [6.07, 6.45) is 0.863. The normalized spacial score (nSPS) is 14.8. The molecule has 0 spiro atoms. The molecule has 0 aliphatic carbocycles. The fourth-order valence-corrected chi connectivity index (χ4v) is 1.79. The zero-order valence-corrected chi connectivity index (χ0v) is 10.5. The maximum absolute atomic E-state index is 11.6. The number of nitrogens with zero attached hydrogens (tertiary/aromatic N) is 2. The Morgan fingerprint density at radius 3 is 2.93 bits per heavy atom. The van der Waals surface area contributed by atoms with E-state index >= 15 is 0 Å². The van der Waals surface area contributed by atoms with Crippen molar-refractivity contribution in [2.75, 3.05) is 5.33 Å².